The highest BCUT2D eigenvalue weighted by atomic mass is 32.2. The van der Waals surface area contributed by atoms with E-state index in [2.05, 4.69) is 5.32 Å². The minimum Gasteiger partial charge on any atom is -0.494 e. The summed E-state index contributed by atoms with van der Waals surface area (Å²) in [6, 6.07) is 7.28. The van der Waals surface area contributed by atoms with Crippen molar-refractivity contribution in [1.29, 1.82) is 0 Å². The fourth-order valence-corrected chi connectivity index (χ4v) is 5.66. The van der Waals surface area contributed by atoms with Gasteiger partial charge in [0.25, 0.3) is 0 Å². The number of rotatable bonds is 11. The maximum absolute atomic E-state index is 11.8. The Morgan fingerprint density at radius 2 is 1.59 bits per heavy atom. The van der Waals surface area contributed by atoms with Gasteiger partial charge in [-0.05, 0) is 74.4 Å². The number of esters is 2. The van der Waals surface area contributed by atoms with Gasteiger partial charge in [-0.25, -0.2) is 0 Å². The summed E-state index contributed by atoms with van der Waals surface area (Å²) in [5.41, 5.74) is 4.17. The third kappa shape index (κ3) is 7.20. The summed E-state index contributed by atoms with van der Waals surface area (Å²) >= 11 is 1.64. The summed E-state index contributed by atoms with van der Waals surface area (Å²) in [5, 5.41) is 3.10. The van der Waals surface area contributed by atoms with E-state index in [1.807, 2.05) is 45.0 Å². The molecule has 2 aromatic carbocycles. The monoisotopic (exact) mass is 527 g/mol. The molecule has 1 aliphatic heterocycles. The molecule has 2 aromatic rings. The van der Waals surface area contributed by atoms with Crippen LogP contribution in [-0.4, -0.2) is 47.8 Å². The van der Waals surface area contributed by atoms with Crippen LogP contribution in [0.2, 0.25) is 0 Å². The average molecular weight is 528 g/mol. The molecule has 0 aliphatic carbocycles. The van der Waals surface area contributed by atoms with Crippen molar-refractivity contribution >= 4 is 35.8 Å². The van der Waals surface area contributed by atoms with Crippen LogP contribution in [0.25, 0.3) is 0 Å². The molecule has 0 bridgehead atoms. The van der Waals surface area contributed by atoms with Crippen LogP contribution in [0, 0.1) is 20.8 Å². The summed E-state index contributed by atoms with van der Waals surface area (Å²) in [5.74, 6) is 1.15. The topological polar surface area (TPSA) is 108 Å². The first kappa shape index (κ1) is 28.4. The van der Waals surface area contributed by atoms with Crippen molar-refractivity contribution < 1.29 is 33.4 Å². The molecule has 8 nitrogen and oxygen atoms in total. The molecule has 1 fully saturated rings. The van der Waals surface area contributed by atoms with Crippen LogP contribution in [0.1, 0.15) is 48.1 Å². The summed E-state index contributed by atoms with van der Waals surface area (Å²) in [4.78, 5) is 46.1. The number of hydrogen-bond acceptors (Lipinski definition) is 9. The van der Waals surface area contributed by atoms with E-state index in [9.17, 15) is 19.2 Å². The molecule has 0 radical (unpaired) electrons. The van der Waals surface area contributed by atoms with E-state index in [1.165, 1.54) is 13.8 Å². The van der Waals surface area contributed by atoms with Crippen LogP contribution in [0.4, 0.5) is 0 Å². The molecular formula is C28H33NO7S. The number of carbonyl (C=O) groups is 4. The van der Waals surface area contributed by atoms with Crippen molar-refractivity contribution in [3.8, 4) is 17.2 Å². The van der Waals surface area contributed by atoms with Crippen molar-refractivity contribution in [2.75, 3.05) is 12.5 Å². The summed E-state index contributed by atoms with van der Waals surface area (Å²) in [6.07, 6.45) is 2.29. The zero-order chi connectivity index (χ0) is 27.1. The second-order valence-corrected chi connectivity index (χ2v) is 10.3. The van der Waals surface area contributed by atoms with Gasteiger partial charge in [0.15, 0.2) is 6.29 Å². The van der Waals surface area contributed by atoms with E-state index in [-0.39, 0.29) is 5.25 Å². The van der Waals surface area contributed by atoms with Crippen molar-refractivity contribution in [2.45, 2.75) is 65.2 Å². The molecule has 1 saturated heterocycles. The molecule has 1 heterocycles. The number of benzene rings is 2. The smallest absolute Gasteiger partial charge is 0.308 e. The number of carbonyl (C=O) groups excluding carboxylic acids is 4. The second kappa shape index (κ2) is 12.9. The van der Waals surface area contributed by atoms with Crippen LogP contribution in [-0.2, 0) is 32.0 Å². The van der Waals surface area contributed by atoms with Crippen LogP contribution in [0.15, 0.2) is 24.3 Å². The number of hydrogen-bond donors (Lipinski definition) is 1. The first-order chi connectivity index (χ1) is 17.6. The number of ketones is 1. The lowest BCUT2D eigenvalue weighted by atomic mass is 9.94. The second-order valence-electron chi connectivity index (χ2n) is 9.05. The van der Waals surface area contributed by atoms with Gasteiger partial charge in [-0.1, -0.05) is 12.1 Å². The Bertz CT molecular complexity index is 1180. The molecule has 0 aromatic heterocycles. The Balaban J connectivity index is 1.63. The van der Waals surface area contributed by atoms with Crippen LogP contribution in [0.5, 0.6) is 17.2 Å². The molecule has 0 saturated carbocycles. The number of ether oxygens (including phenoxy) is 3. The lowest BCUT2D eigenvalue weighted by Crippen LogP contribution is -2.39. The van der Waals surface area contributed by atoms with Gasteiger partial charge in [0.2, 0.25) is 5.78 Å². The Morgan fingerprint density at radius 3 is 2.22 bits per heavy atom. The minimum atomic E-state index is -0.439. The fraction of sp³-hybridized carbons (Fsp3) is 0.429. The zero-order valence-electron chi connectivity index (χ0n) is 21.8. The van der Waals surface area contributed by atoms with E-state index >= 15 is 0 Å². The van der Waals surface area contributed by atoms with Crippen molar-refractivity contribution in [1.82, 2.24) is 5.32 Å². The molecule has 1 N–H and O–H groups in total. The number of nitrogens with one attached hydrogen (secondary N) is 1. The van der Waals surface area contributed by atoms with Gasteiger partial charge in [-0.3, -0.25) is 24.5 Å². The molecule has 9 heteroatoms. The fourth-order valence-electron chi connectivity index (χ4n) is 4.43. The summed E-state index contributed by atoms with van der Waals surface area (Å²) < 4.78 is 16.9. The van der Waals surface area contributed by atoms with Crippen molar-refractivity contribution in [3.63, 3.8) is 0 Å². The van der Waals surface area contributed by atoms with Gasteiger partial charge in [0.1, 0.15) is 17.2 Å². The standard InChI is InChI=1S/C28H33NO7S/c1-16-17(2)28(36-20(5)32)23(18(3)27(16)35-19(4)31)7-6-12-34-22-10-8-21(9-11-22)13-25-26(24(33)14-30)29-15-37-25/h8-11,14,25-26,29H,6-7,12-13,15H2,1-5H3. The number of Topliss-reactive ketones (excluding diaryl/α,β-unsaturated/α-hetero) is 1. The van der Waals surface area contributed by atoms with Gasteiger partial charge in [-0.2, -0.15) is 0 Å². The maximum atomic E-state index is 11.8. The summed E-state index contributed by atoms with van der Waals surface area (Å²) in [7, 11) is 0. The van der Waals surface area contributed by atoms with Crippen molar-refractivity contribution in [2.24, 2.45) is 0 Å². The first-order valence-corrected chi connectivity index (χ1v) is 13.2. The van der Waals surface area contributed by atoms with Crippen LogP contribution >= 0.6 is 11.8 Å². The molecule has 198 valence electrons. The molecule has 1 aliphatic rings. The highest BCUT2D eigenvalue weighted by Crippen LogP contribution is 2.39. The SMILES string of the molecule is CC(=O)Oc1c(C)c(C)c(OC(C)=O)c(CCCOc2ccc(CC3SCNC3C(=O)C=O)cc2)c1C. The molecular weight excluding hydrogens is 494 g/mol. The molecule has 2 atom stereocenters. The molecule has 3 rings (SSSR count). The molecule has 37 heavy (non-hydrogen) atoms. The normalized spacial score (nSPS) is 16.8. The zero-order valence-corrected chi connectivity index (χ0v) is 22.7. The predicted molar refractivity (Wildman–Crippen MR) is 141 cm³/mol. The quantitative estimate of drug-likeness (QED) is 0.153. The van der Waals surface area contributed by atoms with Gasteiger partial charge < -0.3 is 14.2 Å². The van der Waals surface area contributed by atoms with Gasteiger partial charge in [0.05, 0.1) is 12.6 Å². The van der Waals surface area contributed by atoms with Gasteiger partial charge in [0, 0.05) is 30.5 Å². The highest BCUT2D eigenvalue weighted by Gasteiger charge is 2.32. The lowest BCUT2D eigenvalue weighted by Gasteiger charge is -2.21. The van der Waals surface area contributed by atoms with E-state index in [0.29, 0.717) is 49.5 Å². The van der Waals surface area contributed by atoms with E-state index < -0.39 is 23.8 Å². The minimum absolute atomic E-state index is 0.0222. The van der Waals surface area contributed by atoms with Crippen LogP contribution in [0.3, 0.4) is 0 Å². The molecule has 0 amide bonds. The van der Waals surface area contributed by atoms with Gasteiger partial charge >= 0.3 is 11.9 Å². The molecule has 0 spiro atoms. The van der Waals surface area contributed by atoms with E-state index in [4.69, 9.17) is 14.2 Å². The average Bonchev–Trinajstić information content (AvgIpc) is 3.32. The predicted octanol–water partition coefficient (Wildman–Crippen LogP) is 3.82. The Hall–Kier alpha value is -3.17. The Morgan fingerprint density at radius 1 is 0.973 bits per heavy atom. The van der Waals surface area contributed by atoms with Crippen LogP contribution < -0.4 is 19.5 Å². The third-order valence-corrected chi connectivity index (χ3v) is 7.60. The summed E-state index contributed by atoms with van der Waals surface area (Å²) in [6.45, 7) is 8.71. The largest absolute Gasteiger partial charge is 0.494 e. The Labute approximate surface area is 221 Å². The first-order valence-electron chi connectivity index (χ1n) is 12.2. The number of aldehydes is 1. The van der Waals surface area contributed by atoms with Gasteiger partial charge in [-0.15, -0.1) is 11.8 Å². The highest BCUT2D eigenvalue weighted by molar-refractivity contribution is 8.00. The van der Waals surface area contributed by atoms with Crippen molar-refractivity contribution in [3.05, 3.63) is 52.1 Å². The van der Waals surface area contributed by atoms with E-state index in [1.54, 1.807) is 11.8 Å². The molecule has 2 unspecified atom stereocenters. The van der Waals surface area contributed by atoms with E-state index in [0.717, 1.165) is 33.6 Å². The Kier molecular flexibility index (Phi) is 9.88. The third-order valence-electron chi connectivity index (χ3n) is 6.40. The maximum Gasteiger partial charge on any atom is 0.308 e. The lowest BCUT2D eigenvalue weighted by molar-refractivity contribution is -0.133. The number of thioether (sulfide) groups is 1.